The molecule has 0 bridgehead atoms. The Bertz CT molecular complexity index is 362. The fourth-order valence-electron chi connectivity index (χ4n) is 1.65. The molecule has 0 atom stereocenters. The molecule has 74 valence electrons. The summed E-state index contributed by atoms with van der Waals surface area (Å²) in [5.74, 6) is 0. The van der Waals surface area contributed by atoms with Gasteiger partial charge in [0.05, 0.1) is 0 Å². The Labute approximate surface area is 82.5 Å². The summed E-state index contributed by atoms with van der Waals surface area (Å²) in [5.41, 5.74) is 8.73. The van der Waals surface area contributed by atoms with Crippen LogP contribution in [0.3, 0.4) is 0 Å². The van der Waals surface area contributed by atoms with Gasteiger partial charge in [-0.1, -0.05) is 18.2 Å². The van der Waals surface area contributed by atoms with E-state index >= 15 is 0 Å². The van der Waals surface area contributed by atoms with Gasteiger partial charge in [0.15, 0.2) is 0 Å². The van der Waals surface area contributed by atoms with E-state index in [0.717, 1.165) is 18.7 Å². The summed E-state index contributed by atoms with van der Waals surface area (Å²) in [6.45, 7) is 2.36. The first-order chi connectivity index (χ1) is 6.75. The van der Waals surface area contributed by atoms with Crippen molar-refractivity contribution in [3.63, 3.8) is 0 Å². The number of benzene rings is 1. The molecule has 0 spiro atoms. The highest BCUT2D eigenvalue weighted by atomic mass is 16.2. The van der Waals surface area contributed by atoms with E-state index in [2.05, 4.69) is 22.8 Å². The van der Waals surface area contributed by atoms with E-state index in [9.17, 15) is 4.79 Å². The Hall–Kier alpha value is -1.55. The Morgan fingerprint density at radius 2 is 2.21 bits per heavy atom. The fourth-order valence-corrected chi connectivity index (χ4v) is 1.65. The summed E-state index contributed by atoms with van der Waals surface area (Å²) in [4.78, 5) is 10.5. The van der Waals surface area contributed by atoms with Crippen molar-refractivity contribution in [2.24, 2.45) is 5.73 Å². The van der Waals surface area contributed by atoms with Crippen molar-refractivity contribution in [3.05, 3.63) is 34.9 Å². The number of nitrogens with one attached hydrogen (secondary N) is 2. The van der Waals surface area contributed by atoms with Crippen molar-refractivity contribution >= 4 is 6.03 Å². The van der Waals surface area contributed by atoms with Gasteiger partial charge in [-0.3, -0.25) is 0 Å². The summed E-state index contributed by atoms with van der Waals surface area (Å²) in [7, 11) is 0. The molecule has 0 saturated heterocycles. The second-order valence-corrected chi connectivity index (χ2v) is 3.42. The third kappa shape index (κ3) is 1.85. The largest absolute Gasteiger partial charge is 0.352 e. The van der Waals surface area contributed by atoms with Crippen LogP contribution in [-0.2, 0) is 19.6 Å². The van der Waals surface area contributed by atoms with Crippen LogP contribution < -0.4 is 16.4 Å². The van der Waals surface area contributed by atoms with Gasteiger partial charge in [-0.05, 0) is 16.7 Å². The topological polar surface area (TPSA) is 67.2 Å². The van der Waals surface area contributed by atoms with Crippen molar-refractivity contribution in [1.82, 2.24) is 10.6 Å². The second-order valence-electron chi connectivity index (χ2n) is 3.42. The van der Waals surface area contributed by atoms with Crippen LogP contribution in [0.4, 0.5) is 4.79 Å². The van der Waals surface area contributed by atoms with Crippen LogP contribution in [0.25, 0.3) is 0 Å². The number of urea groups is 1. The van der Waals surface area contributed by atoms with E-state index < -0.39 is 6.03 Å². The van der Waals surface area contributed by atoms with E-state index in [1.54, 1.807) is 0 Å². The van der Waals surface area contributed by atoms with Crippen molar-refractivity contribution < 1.29 is 4.79 Å². The number of fused-ring (bicyclic) bond motifs is 1. The average Bonchev–Trinajstić information content (AvgIpc) is 2.61. The molecule has 1 aliphatic heterocycles. The van der Waals surface area contributed by atoms with Gasteiger partial charge in [-0.15, -0.1) is 0 Å². The molecule has 0 saturated carbocycles. The molecule has 1 aromatic rings. The predicted octanol–water partition coefficient (Wildman–Crippen LogP) is 0.458. The molecule has 0 unspecified atom stereocenters. The van der Waals surface area contributed by atoms with E-state index in [4.69, 9.17) is 5.73 Å². The number of carbonyl (C=O) groups excluding carboxylic acids is 1. The third-order valence-electron chi connectivity index (χ3n) is 2.37. The zero-order chi connectivity index (χ0) is 9.97. The maximum atomic E-state index is 10.5. The summed E-state index contributed by atoms with van der Waals surface area (Å²) >= 11 is 0. The smallest absolute Gasteiger partial charge is 0.312 e. The normalized spacial score (nSPS) is 13.7. The van der Waals surface area contributed by atoms with Crippen LogP contribution in [0.2, 0.25) is 0 Å². The molecular formula is C10H13N3O. The molecule has 4 heteroatoms. The van der Waals surface area contributed by atoms with Gasteiger partial charge in [0.25, 0.3) is 0 Å². The molecule has 1 heterocycles. The molecule has 0 radical (unpaired) electrons. The lowest BCUT2D eigenvalue weighted by Crippen LogP contribution is -2.28. The van der Waals surface area contributed by atoms with Gasteiger partial charge >= 0.3 is 6.03 Å². The van der Waals surface area contributed by atoms with Crippen LogP contribution in [0.15, 0.2) is 18.2 Å². The highest BCUT2D eigenvalue weighted by Gasteiger charge is 2.09. The van der Waals surface area contributed by atoms with Gasteiger partial charge < -0.3 is 16.4 Å². The molecule has 4 N–H and O–H groups in total. The first kappa shape index (κ1) is 9.02. The van der Waals surface area contributed by atoms with Gasteiger partial charge in [0.1, 0.15) is 0 Å². The van der Waals surface area contributed by atoms with E-state index in [1.807, 2.05) is 6.07 Å². The van der Waals surface area contributed by atoms with Crippen LogP contribution in [0, 0.1) is 0 Å². The predicted molar refractivity (Wildman–Crippen MR) is 53.4 cm³/mol. The van der Waals surface area contributed by atoms with Crippen molar-refractivity contribution in [1.29, 1.82) is 0 Å². The molecular weight excluding hydrogens is 178 g/mol. The number of nitrogens with two attached hydrogens (primary N) is 1. The number of carbonyl (C=O) groups is 1. The van der Waals surface area contributed by atoms with Crippen LogP contribution in [0.5, 0.6) is 0 Å². The number of amides is 2. The number of hydrogen-bond donors (Lipinski definition) is 3. The highest BCUT2D eigenvalue weighted by molar-refractivity contribution is 5.71. The van der Waals surface area contributed by atoms with Gasteiger partial charge in [-0.2, -0.15) is 0 Å². The van der Waals surface area contributed by atoms with Gasteiger partial charge in [0.2, 0.25) is 0 Å². The Kier molecular flexibility index (Phi) is 2.37. The van der Waals surface area contributed by atoms with Crippen molar-refractivity contribution in [3.8, 4) is 0 Å². The van der Waals surface area contributed by atoms with Gasteiger partial charge in [-0.25, -0.2) is 4.79 Å². The molecule has 4 nitrogen and oxygen atoms in total. The molecule has 0 fully saturated rings. The van der Waals surface area contributed by atoms with E-state index in [1.165, 1.54) is 11.1 Å². The first-order valence-corrected chi connectivity index (χ1v) is 4.60. The van der Waals surface area contributed by atoms with E-state index in [0.29, 0.717) is 6.54 Å². The summed E-state index contributed by atoms with van der Waals surface area (Å²) < 4.78 is 0. The van der Waals surface area contributed by atoms with Crippen LogP contribution in [-0.4, -0.2) is 6.03 Å². The Balaban J connectivity index is 2.09. The van der Waals surface area contributed by atoms with Crippen molar-refractivity contribution in [2.75, 3.05) is 0 Å². The minimum atomic E-state index is -0.483. The van der Waals surface area contributed by atoms with Crippen LogP contribution in [0.1, 0.15) is 16.7 Å². The lowest BCUT2D eigenvalue weighted by atomic mass is 10.1. The quantitative estimate of drug-likeness (QED) is 0.635. The third-order valence-corrected chi connectivity index (χ3v) is 2.37. The zero-order valence-electron chi connectivity index (χ0n) is 7.84. The number of rotatable bonds is 2. The Morgan fingerprint density at radius 3 is 3.00 bits per heavy atom. The molecule has 2 rings (SSSR count). The highest BCUT2D eigenvalue weighted by Crippen LogP contribution is 2.16. The first-order valence-electron chi connectivity index (χ1n) is 4.60. The molecule has 0 aromatic heterocycles. The standard InChI is InChI=1S/C10H13N3O/c11-10(14)13-4-7-1-2-8-5-12-6-9(8)3-7/h1-3,12H,4-6H2,(H3,11,13,14). The maximum absolute atomic E-state index is 10.5. The minimum absolute atomic E-state index is 0.483. The van der Waals surface area contributed by atoms with E-state index in [-0.39, 0.29) is 0 Å². The molecule has 1 aromatic carbocycles. The Morgan fingerprint density at radius 1 is 1.43 bits per heavy atom. The summed E-state index contributed by atoms with van der Waals surface area (Å²) in [6.07, 6.45) is 0. The average molecular weight is 191 g/mol. The molecule has 2 amide bonds. The SMILES string of the molecule is NC(=O)NCc1ccc2c(c1)CNC2. The maximum Gasteiger partial charge on any atom is 0.312 e. The fraction of sp³-hybridized carbons (Fsp3) is 0.300. The second kappa shape index (κ2) is 3.67. The van der Waals surface area contributed by atoms with Crippen molar-refractivity contribution in [2.45, 2.75) is 19.6 Å². The molecule has 0 aliphatic carbocycles. The molecule has 14 heavy (non-hydrogen) atoms. The summed E-state index contributed by atoms with van der Waals surface area (Å²) in [5, 5.41) is 5.84. The van der Waals surface area contributed by atoms with Crippen LogP contribution >= 0.6 is 0 Å². The van der Waals surface area contributed by atoms with Gasteiger partial charge in [0, 0.05) is 19.6 Å². The number of hydrogen-bond acceptors (Lipinski definition) is 2. The lowest BCUT2D eigenvalue weighted by Gasteiger charge is -2.04. The minimum Gasteiger partial charge on any atom is -0.352 e. The number of primary amides is 1. The lowest BCUT2D eigenvalue weighted by molar-refractivity contribution is 0.248. The summed E-state index contributed by atoms with van der Waals surface area (Å²) in [6, 6.07) is 5.73. The monoisotopic (exact) mass is 191 g/mol. The molecule has 1 aliphatic rings. The zero-order valence-corrected chi connectivity index (χ0v) is 7.84.